The van der Waals surface area contributed by atoms with Gasteiger partial charge in [0.1, 0.15) is 0 Å². The minimum absolute atomic E-state index is 0. The molecule has 2 atom stereocenters. The van der Waals surface area contributed by atoms with Gasteiger partial charge in [-0.1, -0.05) is 228 Å². The number of rotatable bonds is 14. The molecule has 20 radical (unpaired) electrons. The van der Waals surface area contributed by atoms with Gasteiger partial charge in [-0.05, 0) is 237 Å². The predicted octanol–water partition coefficient (Wildman–Crippen LogP) is 20.5. The third kappa shape index (κ3) is 23.1. The summed E-state index contributed by atoms with van der Waals surface area (Å²) in [5.74, 6) is 3.35. The fraction of sp³-hybridized carbons (Fsp3) is 0.389. The van der Waals surface area contributed by atoms with E-state index >= 15 is 0 Å². The molecule has 0 N–H and O–H groups in total. The van der Waals surface area contributed by atoms with E-state index < -0.39 is 15.8 Å². The molecule has 0 aliphatic heterocycles. The van der Waals surface area contributed by atoms with E-state index in [1.54, 1.807) is 23.2 Å². The Morgan fingerprint density at radius 3 is 0.720 bits per heavy atom. The monoisotopic (exact) mass is 1470 g/mol. The van der Waals surface area contributed by atoms with Crippen LogP contribution in [0.2, 0.25) is 0 Å². The molecule has 82 heavy (non-hydrogen) atoms. The molecule has 8 fully saturated rings. The van der Waals surface area contributed by atoms with Crippen LogP contribution in [0.1, 0.15) is 142 Å². The average molecular weight is 1480 g/mol. The molecule has 0 amide bonds. The molecule has 0 spiro atoms. The minimum atomic E-state index is -0.428. The van der Waals surface area contributed by atoms with E-state index in [0.29, 0.717) is 11.3 Å². The van der Waals surface area contributed by atoms with Crippen molar-refractivity contribution in [2.45, 2.75) is 176 Å². The first-order valence-corrected chi connectivity index (χ1v) is 40.5. The van der Waals surface area contributed by atoms with Crippen LogP contribution in [-0.4, -0.2) is 34.0 Å². The van der Waals surface area contributed by atoms with E-state index in [2.05, 4.69) is 230 Å². The van der Waals surface area contributed by atoms with Crippen molar-refractivity contribution in [2.24, 2.45) is 0 Å². The molecular formula is C72H88Br2Cu2Fe2P4+4. The fourth-order valence-electron chi connectivity index (χ4n) is 13.3. The Kier molecular flexibility index (Phi) is 40.1. The largest absolute Gasteiger partial charge is 2.00 e. The summed E-state index contributed by atoms with van der Waals surface area (Å²) in [6.45, 7) is 5.06. The third-order valence-corrected chi connectivity index (χ3v) is 29.7. The number of hydrogen-bond acceptors (Lipinski definition) is 0. The molecule has 0 bridgehead atoms. The molecule has 10 heteroatoms. The van der Waals surface area contributed by atoms with Crippen molar-refractivity contribution in [3.8, 4) is 0 Å². The summed E-state index contributed by atoms with van der Waals surface area (Å²) < 4.78 is 0. The van der Waals surface area contributed by atoms with Crippen LogP contribution in [0.25, 0.3) is 0 Å². The van der Waals surface area contributed by atoms with Gasteiger partial charge in [0.15, 0.2) is 0 Å². The Morgan fingerprint density at radius 1 is 0.305 bits per heavy atom. The minimum Gasteiger partial charge on any atom is 2.00 e. The van der Waals surface area contributed by atoms with Crippen LogP contribution >= 0.6 is 59.9 Å². The normalized spacial score (nSPS) is 21.5. The first-order valence-electron chi connectivity index (χ1n) is 30.1. The molecule has 444 valence electrons. The first kappa shape index (κ1) is 74.4. The number of hydrogen-bond donors (Lipinski definition) is 0. The smallest absolute Gasteiger partial charge is 2.00 e. The van der Waals surface area contributed by atoms with Crippen LogP contribution in [0.5, 0.6) is 0 Å². The Labute approximate surface area is 561 Å². The van der Waals surface area contributed by atoms with Gasteiger partial charge in [-0.15, -0.1) is 0 Å². The van der Waals surface area contributed by atoms with Gasteiger partial charge in [-0.25, -0.2) is 0 Å². The van der Waals surface area contributed by atoms with Crippen LogP contribution < -0.4 is 21.2 Å². The van der Waals surface area contributed by atoms with Crippen molar-refractivity contribution in [2.75, 3.05) is 0 Å². The average Bonchev–Trinajstić information content (AvgIpc) is 4.54. The topological polar surface area (TPSA) is 0 Å². The molecule has 0 unspecified atom stereocenters. The summed E-state index contributed by atoms with van der Waals surface area (Å²) in [5, 5.41) is 6.05. The van der Waals surface area contributed by atoms with E-state index in [0.717, 1.165) is 22.6 Å². The summed E-state index contributed by atoms with van der Waals surface area (Å²) in [7, 11) is -0.977. The molecule has 0 nitrogen and oxygen atoms in total. The van der Waals surface area contributed by atoms with Crippen molar-refractivity contribution < 1.29 is 62.5 Å². The van der Waals surface area contributed by atoms with Gasteiger partial charge in [0.2, 0.25) is 0 Å². The Hall–Kier alpha value is 1.64. The van der Waals surface area contributed by atoms with E-state index in [4.69, 9.17) is 0 Å². The second-order valence-electron chi connectivity index (χ2n) is 22.1. The quantitative estimate of drug-likeness (QED) is 0.0872. The summed E-state index contributed by atoms with van der Waals surface area (Å²) in [6.07, 6.45) is 64.3. The maximum absolute atomic E-state index is 4.00. The maximum Gasteiger partial charge on any atom is 2.00 e. The summed E-state index contributed by atoms with van der Waals surface area (Å²) in [6, 6.07) is 45.3. The van der Waals surface area contributed by atoms with Crippen LogP contribution in [0.4, 0.5) is 0 Å². The van der Waals surface area contributed by atoms with Crippen LogP contribution in [0.3, 0.4) is 0 Å². The fourth-order valence-corrected chi connectivity index (χ4v) is 27.0. The van der Waals surface area contributed by atoms with Crippen molar-refractivity contribution in [3.63, 3.8) is 0 Å². The molecular weight excluding hydrogens is 1390 g/mol. The van der Waals surface area contributed by atoms with Crippen LogP contribution in [0, 0.1) is 126 Å². The number of benzene rings is 4. The maximum atomic E-state index is 4.00. The number of halogens is 2. The zero-order valence-electron chi connectivity index (χ0n) is 48.2. The molecule has 8 aliphatic carbocycles. The van der Waals surface area contributed by atoms with Gasteiger partial charge in [0.05, 0.1) is 0 Å². The molecule has 0 aromatic heterocycles. The van der Waals surface area contributed by atoms with E-state index in [9.17, 15) is 0 Å². The predicted molar refractivity (Wildman–Crippen MR) is 358 cm³/mol. The second-order valence-corrected chi connectivity index (χ2v) is 32.7. The summed E-state index contributed by atoms with van der Waals surface area (Å²) >= 11 is 13.0. The summed E-state index contributed by atoms with van der Waals surface area (Å²) in [5.41, 5.74) is 8.52. The molecule has 8 saturated carbocycles. The van der Waals surface area contributed by atoms with Crippen molar-refractivity contribution in [1.82, 2.24) is 0 Å². The molecule has 4 aromatic carbocycles. The van der Waals surface area contributed by atoms with E-state index in [-0.39, 0.29) is 50.0 Å². The van der Waals surface area contributed by atoms with Gasteiger partial charge in [0.25, 0.3) is 0 Å². The van der Waals surface area contributed by atoms with Gasteiger partial charge in [-0.2, -0.15) is 0 Å². The summed E-state index contributed by atoms with van der Waals surface area (Å²) in [4.78, 5) is 0. The second kappa shape index (κ2) is 44.2. The molecule has 8 aliphatic rings. The molecule has 4 aromatic rings. The van der Waals surface area contributed by atoms with Gasteiger partial charge in [-0.3, -0.25) is 0 Å². The first-order chi connectivity index (χ1) is 39.7. The van der Waals surface area contributed by atoms with E-state index in [1.807, 2.05) is 64.2 Å². The molecule has 12 rings (SSSR count). The zero-order chi connectivity index (χ0) is 56.0. The Balaban J connectivity index is 0.000000239. The standard InChI is InChI=1S/2C31H39P2.2C5H5.2BrH.2Cu.2Fe/c2*1-25(32(26-15-6-2-7-16-26)27-17-8-3-9-18-27)30-23-14-24-31(30)33(28-19-10-4-11-20-28)29-21-12-5-13-22-29;2*1-2-4-5-3-1;;;;;;/h2*2-3,6-9,14-18,23-25,28-29H,4-5,10-13,19-22H2,1H3;2*1-5H;2*1H;;;;/q;;;;;;2*+1;2*+2/p-2/t2*25-;;;;;;;;/m11......../s1. The van der Waals surface area contributed by atoms with Crippen molar-refractivity contribution in [3.05, 3.63) is 247 Å². The van der Waals surface area contributed by atoms with Crippen LogP contribution in [0.15, 0.2) is 121 Å². The van der Waals surface area contributed by atoms with Gasteiger partial charge < -0.3 is 0 Å². The van der Waals surface area contributed by atoms with Crippen LogP contribution in [-0.2, 0) is 62.5 Å². The zero-order valence-corrected chi connectivity index (χ0v) is 59.1. The molecule has 0 saturated heterocycles. The Bertz CT molecular complexity index is 1850. The third-order valence-electron chi connectivity index (χ3n) is 17.0. The van der Waals surface area contributed by atoms with Crippen molar-refractivity contribution in [1.29, 1.82) is 0 Å². The van der Waals surface area contributed by atoms with E-state index in [1.165, 1.54) is 150 Å². The van der Waals surface area contributed by atoms with Crippen molar-refractivity contribution >= 4 is 81.1 Å². The van der Waals surface area contributed by atoms with Gasteiger partial charge in [0, 0.05) is 11.3 Å². The van der Waals surface area contributed by atoms with Gasteiger partial charge >= 0.3 is 90.8 Å². The molecule has 0 heterocycles. The Morgan fingerprint density at radius 2 is 0.512 bits per heavy atom. The SMILES string of the molecule is C[C@H]([C]1[CH][CH][CH][C]1P(C1CCCCC1)C1CCCCC1)P(c1ccccc1)c1ccccc1.C[C@H]([C]1[CH][CH][CH][C]1P(C1CCCCC1)C1CCCCC1)P(c1ccccc1)c1ccccc1.[CH]1[CH][CH][CH][CH]1.[CH]1[CH][CH][CH][CH]1.[Cu][Br].[Cu][Br].[Fe+2].[Fe+2].